The SMILES string of the molecule is CCOCCN(CC)c1nnccc1/C(N)=N/O. The Bertz CT molecular complexity index is 397. The van der Waals surface area contributed by atoms with Crippen LogP contribution in [0.2, 0.25) is 0 Å². The van der Waals surface area contributed by atoms with Gasteiger partial charge in [-0.05, 0) is 19.9 Å². The number of nitrogens with two attached hydrogens (primary N) is 1. The number of anilines is 1. The van der Waals surface area contributed by atoms with Gasteiger partial charge in [-0.3, -0.25) is 0 Å². The molecule has 7 heteroatoms. The molecule has 0 aliphatic carbocycles. The molecular weight excluding hydrogens is 234 g/mol. The molecular formula is C11H19N5O2. The maximum atomic E-state index is 8.75. The molecule has 0 aromatic carbocycles. The lowest BCUT2D eigenvalue weighted by molar-refractivity contribution is 0.154. The molecule has 0 aliphatic heterocycles. The summed E-state index contributed by atoms with van der Waals surface area (Å²) in [6, 6.07) is 1.67. The van der Waals surface area contributed by atoms with Gasteiger partial charge in [-0.1, -0.05) is 5.16 Å². The second-order valence-electron chi connectivity index (χ2n) is 3.53. The highest BCUT2D eigenvalue weighted by Crippen LogP contribution is 2.15. The molecule has 0 fully saturated rings. The predicted octanol–water partition coefficient (Wildman–Crippen LogP) is 0.434. The first-order valence-electron chi connectivity index (χ1n) is 5.86. The van der Waals surface area contributed by atoms with E-state index in [9.17, 15) is 0 Å². The zero-order valence-electron chi connectivity index (χ0n) is 10.7. The van der Waals surface area contributed by atoms with E-state index < -0.39 is 0 Å². The van der Waals surface area contributed by atoms with Crippen LogP contribution in [0.25, 0.3) is 0 Å². The van der Waals surface area contributed by atoms with Gasteiger partial charge in [-0.15, -0.1) is 5.10 Å². The van der Waals surface area contributed by atoms with E-state index in [2.05, 4.69) is 15.4 Å². The molecule has 0 saturated heterocycles. The van der Waals surface area contributed by atoms with Crippen LogP contribution >= 0.6 is 0 Å². The van der Waals surface area contributed by atoms with E-state index in [-0.39, 0.29) is 5.84 Å². The average molecular weight is 253 g/mol. The van der Waals surface area contributed by atoms with E-state index in [0.717, 1.165) is 6.54 Å². The largest absolute Gasteiger partial charge is 0.409 e. The predicted molar refractivity (Wildman–Crippen MR) is 68.9 cm³/mol. The molecule has 0 spiro atoms. The van der Waals surface area contributed by atoms with Gasteiger partial charge in [0.05, 0.1) is 18.4 Å². The van der Waals surface area contributed by atoms with Crippen molar-refractivity contribution in [2.24, 2.45) is 10.9 Å². The third-order valence-corrected chi connectivity index (χ3v) is 2.48. The molecule has 0 bridgehead atoms. The molecule has 0 radical (unpaired) electrons. The van der Waals surface area contributed by atoms with Gasteiger partial charge in [0.15, 0.2) is 11.7 Å². The fourth-order valence-corrected chi connectivity index (χ4v) is 1.54. The lowest BCUT2D eigenvalue weighted by atomic mass is 10.2. The van der Waals surface area contributed by atoms with Crippen molar-refractivity contribution in [1.82, 2.24) is 10.2 Å². The highest BCUT2D eigenvalue weighted by Gasteiger charge is 2.14. The summed E-state index contributed by atoms with van der Waals surface area (Å²) < 4.78 is 5.31. The van der Waals surface area contributed by atoms with Gasteiger partial charge in [-0.2, -0.15) is 5.10 Å². The monoisotopic (exact) mass is 253 g/mol. The maximum absolute atomic E-state index is 8.75. The number of amidine groups is 1. The van der Waals surface area contributed by atoms with E-state index >= 15 is 0 Å². The third-order valence-electron chi connectivity index (χ3n) is 2.48. The van der Waals surface area contributed by atoms with E-state index in [0.29, 0.717) is 31.1 Å². The Morgan fingerprint density at radius 3 is 2.94 bits per heavy atom. The van der Waals surface area contributed by atoms with Crippen molar-refractivity contribution in [3.05, 3.63) is 17.8 Å². The average Bonchev–Trinajstić information content (AvgIpc) is 2.43. The molecule has 0 unspecified atom stereocenters. The third kappa shape index (κ3) is 3.56. The number of rotatable bonds is 7. The van der Waals surface area contributed by atoms with Gasteiger partial charge in [0, 0.05) is 19.7 Å². The molecule has 0 amide bonds. The molecule has 1 rings (SSSR count). The number of nitrogens with zero attached hydrogens (tertiary/aromatic N) is 4. The molecule has 0 atom stereocenters. The minimum atomic E-state index is 0.0229. The Kier molecular flexibility index (Phi) is 5.86. The minimum Gasteiger partial charge on any atom is -0.409 e. The van der Waals surface area contributed by atoms with Crippen LogP contribution in [-0.4, -0.2) is 47.5 Å². The molecule has 1 heterocycles. The van der Waals surface area contributed by atoms with Gasteiger partial charge in [-0.25, -0.2) is 0 Å². The molecule has 3 N–H and O–H groups in total. The van der Waals surface area contributed by atoms with Crippen molar-refractivity contribution in [3.63, 3.8) is 0 Å². The molecule has 100 valence electrons. The van der Waals surface area contributed by atoms with E-state index in [1.165, 1.54) is 6.20 Å². The fraction of sp³-hybridized carbons (Fsp3) is 0.545. The van der Waals surface area contributed by atoms with Crippen LogP contribution in [0.3, 0.4) is 0 Å². The van der Waals surface area contributed by atoms with Crippen molar-refractivity contribution in [2.45, 2.75) is 13.8 Å². The van der Waals surface area contributed by atoms with Crippen LogP contribution < -0.4 is 10.6 Å². The zero-order valence-corrected chi connectivity index (χ0v) is 10.7. The Labute approximate surface area is 106 Å². The van der Waals surface area contributed by atoms with Crippen molar-refractivity contribution in [1.29, 1.82) is 0 Å². The number of hydrogen-bond acceptors (Lipinski definition) is 6. The zero-order chi connectivity index (χ0) is 13.4. The van der Waals surface area contributed by atoms with Crippen LogP contribution in [0.15, 0.2) is 17.4 Å². The minimum absolute atomic E-state index is 0.0229. The first-order valence-corrected chi connectivity index (χ1v) is 5.86. The number of likely N-dealkylation sites (N-methyl/N-ethyl adjacent to an activating group) is 1. The van der Waals surface area contributed by atoms with Gasteiger partial charge in [0.1, 0.15) is 0 Å². The van der Waals surface area contributed by atoms with Crippen LogP contribution in [0.4, 0.5) is 5.82 Å². The van der Waals surface area contributed by atoms with Gasteiger partial charge < -0.3 is 20.6 Å². The smallest absolute Gasteiger partial charge is 0.173 e. The molecule has 1 aromatic rings. The fourth-order valence-electron chi connectivity index (χ4n) is 1.54. The normalized spacial score (nSPS) is 11.6. The summed E-state index contributed by atoms with van der Waals surface area (Å²) in [7, 11) is 0. The molecule has 18 heavy (non-hydrogen) atoms. The lowest BCUT2D eigenvalue weighted by Crippen LogP contribution is -2.31. The standard InChI is InChI=1S/C11H19N5O2/c1-3-16(7-8-18-4-2)11-9(10(12)15-17)5-6-13-14-11/h5-6,17H,3-4,7-8H2,1-2H3,(H2,12,15). The molecule has 0 saturated carbocycles. The number of aromatic nitrogens is 2. The summed E-state index contributed by atoms with van der Waals surface area (Å²) in [5.41, 5.74) is 6.18. The van der Waals surface area contributed by atoms with Crippen molar-refractivity contribution in [2.75, 3.05) is 31.2 Å². The van der Waals surface area contributed by atoms with Crippen molar-refractivity contribution < 1.29 is 9.94 Å². The number of ether oxygens (including phenoxy) is 1. The molecule has 7 nitrogen and oxygen atoms in total. The van der Waals surface area contributed by atoms with Crippen molar-refractivity contribution in [3.8, 4) is 0 Å². The number of oxime groups is 1. The summed E-state index contributed by atoms with van der Waals surface area (Å²) in [4.78, 5) is 1.97. The van der Waals surface area contributed by atoms with Crippen molar-refractivity contribution >= 4 is 11.7 Å². The summed E-state index contributed by atoms with van der Waals surface area (Å²) in [6.07, 6.45) is 1.51. The highest BCUT2D eigenvalue weighted by atomic mass is 16.5. The van der Waals surface area contributed by atoms with Crippen LogP contribution in [0, 0.1) is 0 Å². The maximum Gasteiger partial charge on any atom is 0.173 e. The summed E-state index contributed by atoms with van der Waals surface area (Å²) in [6.45, 7) is 6.62. The van der Waals surface area contributed by atoms with Crippen LogP contribution in [0.5, 0.6) is 0 Å². The Morgan fingerprint density at radius 1 is 1.56 bits per heavy atom. The van der Waals surface area contributed by atoms with Gasteiger partial charge >= 0.3 is 0 Å². The summed E-state index contributed by atoms with van der Waals surface area (Å²) in [5.74, 6) is 0.616. The lowest BCUT2D eigenvalue weighted by Gasteiger charge is -2.23. The second-order valence-corrected chi connectivity index (χ2v) is 3.53. The first kappa shape index (κ1) is 14.2. The van der Waals surface area contributed by atoms with Crippen LogP contribution in [0.1, 0.15) is 19.4 Å². The van der Waals surface area contributed by atoms with E-state index in [1.807, 2.05) is 18.7 Å². The van der Waals surface area contributed by atoms with E-state index in [1.54, 1.807) is 6.07 Å². The topological polar surface area (TPSA) is 96.9 Å². The Morgan fingerprint density at radius 2 is 2.33 bits per heavy atom. The molecule has 1 aromatic heterocycles. The van der Waals surface area contributed by atoms with Crippen LogP contribution in [-0.2, 0) is 4.74 Å². The van der Waals surface area contributed by atoms with Gasteiger partial charge in [0.25, 0.3) is 0 Å². The second kappa shape index (κ2) is 7.44. The number of hydrogen-bond donors (Lipinski definition) is 2. The summed E-state index contributed by atoms with van der Waals surface area (Å²) >= 11 is 0. The summed E-state index contributed by atoms with van der Waals surface area (Å²) in [5, 5.41) is 19.6. The first-order chi connectivity index (χ1) is 8.74. The quantitative estimate of drug-likeness (QED) is 0.240. The van der Waals surface area contributed by atoms with E-state index in [4.69, 9.17) is 15.7 Å². The Balaban J connectivity index is 2.91. The Hall–Kier alpha value is -1.89. The highest BCUT2D eigenvalue weighted by molar-refractivity contribution is 6.01. The van der Waals surface area contributed by atoms with Gasteiger partial charge in [0.2, 0.25) is 0 Å². The molecule has 0 aliphatic rings.